The first-order valence-electron chi connectivity index (χ1n) is 7.07. The Balaban J connectivity index is 2.14. The lowest BCUT2D eigenvalue weighted by Gasteiger charge is -2.20. The predicted octanol–water partition coefficient (Wildman–Crippen LogP) is 1.03. The fraction of sp³-hybridized carbons (Fsp3) is 0.643. The Labute approximate surface area is 122 Å². The second kappa shape index (κ2) is 4.92. The third-order valence-corrected chi connectivity index (χ3v) is 3.51. The van der Waals surface area contributed by atoms with Crippen LogP contribution < -0.4 is 5.56 Å². The van der Waals surface area contributed by atoms with Gasteiger partial charge in [0, 0.05) is 5.39 Å². The van der Waals surface area contributed by atoms with Gasteiger partial charge in [-0.15, -0.1) is 0 Å². The third-order valence-electron chi connectivity index (χ3n) is 3.51. The maximum atomic E-state index is 12.7. The molecule has 3 heterocycles. The molecular weight excluding hydrogens is 272 g/mol. The van der Waals surface area contributed by atoms with Crippen molar-refractivity contribution in [3.8, 4) is 0 Å². The van der Waals surface area contributed by atoms with Crippen molar-refractivity contribution < 1.29 is 9.47 Å². The van der Waals surface area contributed by atoms with Gasteiger partial charge in [0.15, 0.2) is 6.29 Å². The van der Waals surface area contributed by atoms with Gasteiger partial charge in [-0.05, 0) is 27.7 Å². The van der Waals surface area contributed by atoms with Gasteiger partial charge in [-0.1, -0.05) is 0 Å². The van der Waals surface area contributed by atoms with Crippen molar-refractivity contribution in [2.75, 3.05) is 13.2 Å². The standard InChI is InChI=1S/C14H20N4O3/c1-9-10-7-15-18(14(2,3)4)12(10)13(19)17(16-9)8-11-20-5-6-21-11/h7,11H,5-6,8H2,1-4H3. The minimum atomic E-state index is -0.405. The molecule has 2 aromatic heterocycles. The van der Waals surface area contributed by atoms with Gasteiger partial charge >= 0.3 is 0 Å². The van der Waals surface area contributed by atoms with Crippen LogP contribution in [0.25, 0.3) is 10.9 Å². The van der Waals surface area contributed by atoms with Crippen LogP contribution in [0.15, 0.2) is 11.0 Å². The minimum absolute atomic E-state index is 0.165. The van der Waals surface area contributed by atoms with E-state index in [9.17, 15) is 4.79 Å². The van der Waals surface area contributed by atoms with Crippen LogP contribution in [0.2, 0.25) is 0 Å². The van der Waals surface area contributed by atoms with Gasteiger partial charge in [0.05, 0.1) is 37.2 Å². The second-order valence-electron chi connectivity index (χ2n) is 6.23. The van der Waals surface area contributed by atoms with Crippen LogP contribution in [0.4, 0.5) is 0 Å². The van der Waals surface area contributed by atoms with E-state index in [1.807, 2.05) is 27.7 Å². The minimum Gasteiger partial charge on any atom is -0.348 e. The normalized spacial score (nSPS) is 17.0. The number of ether oxygens (including phenoxy) is 2. The molecule has 0 atom stereocenters. The average Bonchev–Trinajstić information content (AvgIpc) is 3.03. The maximum Gasteiger partial charge on any atom is 0.293 e. The molecule has 1 aliphatic heterocycles. The number of hydrogen-bond donors (Lipinski definition) is 0. The molecule has 0 aliphatic carbocycles. The maximum absolute atomic E-state index is 12.7. The largest absolute Gasteiger partial charge is 0.348 e. The van der Waals surface area contributed by atoms with E-state index < -0.39 is 6.29 Å². The van der Waals surface area contributed by atoms with Gasteiger partial charge in [-0.3, -0.25) is 9.48 Å². The van der Waals surface area contributed by atoms with E-state index in [4.69, 9.17) is 9.47 Å². The molecule has 0 aromatic carbocycles. The van der Waals surface area contributed by atoms with Gasteiger partial charge < -0.3 is 9.47 Å². The third kappa shape index (κ3) is 2.47. The van der Waals surface area contributed by atoms with Crippen LogP contribution in [0.5, 0.6) is 0 Å². The lowest BCUT2D eigenvalue weighted by atomic mass is 10.1. The van der Waals surface area contributed by atoms with Crippen molar-refractivity contribution in [3.63, 3.8) is 0 Å². The molecule has 3 rings (SSSR count). The van der Waals surface area contributed by atoms with E-state index in [1.165, 1.54) is 4.68 Å². The van der Waals surface area contributed by atoms with Crippen LogP contribution in [0, 0.1) is 6.92 Å². The molecule has 0 N–H and O–H groups in total. The number of aryl methyl sites for hydroxylation is 1. The number of nitrogens with zero attached hydrogens (tertiary/aromatic N) is 4. The topological polar surface area (TPSA) is 71.2 Å². The van der Waals surface area contributed by atoms with E-state index in [2.05, 4.69) is 10.2 Å². The van der Waals surface area contributed by atoms with E-state index in [-0.39, 0.29) is 11.1 Å². The van der Waals surface area contributed by atoms with Crippen molar-refractivity contribution in [1.82, 2.24) is 19.6 Å². The van der Waals surface area contributed by atoms with Gasteiger partial charge in [0.1, 0.15) is 5.52 Å². The summed E-state index contributed by atoms with van der Waals surface area (Å²) in [6.45, 7) is 9.34. The van der Waals surface area contributed by atoms with Crippen LogP contribution >= 0.6 is 0 Å². The molecule has 0 saturated carbocycles. The summed E-state index contributed by atoms with van der Waals surface area (Å²) in [5.74, 6) is 0. The molecule has 0 radical (unpaired) electrons. The summed E-state index contributed by atoms with van der Waals surface area (Å²) in [4.78, 5) is 12.7. The first kappa shape index (κ1) is 14.2. The number of rotatable bonds is 2. The Kier molecular flexibility index (Phi) is 3.33. The molecule has 1 saturated heterocycles. The first-order valence-corrected chi connectivity index (χ1v) is 7.07. The molecule has 2 aromatic rings. The quantitative estimate of drug-likeness (QED) is 0.826. The Morgan fingerprint density at radius 3 is 2.62 bits per heavy atom. The molecule has 7 nitrogen and oxygen atoms in total. The first-order chi connectivity index (χ1) is 9.88. The van der Waals surface area contributed by atoms with Crippen molar-refractivity contribution >= 4 is 10.9 Å². The second-order valence-corrected chi connectivity index (χ2v) is 6.23. The lowest BCUT2D eigenvalue weighted by Crippen LogP contribution is -2.33. The molecule has 114 valence electrons. The highest BCUT2D eigenvalue weighted by Crippen LogP contribution is 2.20. The Morgan fingerprint density at radius 2 is 2.00 bits per heavy atom. The van der Waals surface area contributed by atoms with Gasteiger partial charge in [0.25, 0.3) is 5.56 Å². The van der Waals surface area contributed by atoms with Crippen molar-refractivity contribution in [1.29, 1.82) is 0 Å². The zero-order valence-corrected chi connectivity index (χ0v) is 12.8. The molecule has 0 spiro atoms. The van der Waals surface area contributed by atoms with Crippen LogP contribution in [-0.4, -0.2) is 39.1 Å². The smallest absolute Gasteiger partial charge is 0.293 e. The molecule has 0 amide bonds. The highest BCUT2D eigenvalue weighted by Gasteiger charge is 2.23. The molecule has 7 heteroatoms. The summed E-state index contributed by atoms with van der Waals surface area (Å²) >= 11 is 0. The number of fused-ring (bicyclic) bond motifs is 1. The van der Waals surface area contributed by atoms with Crippen LogP contribution in [-0.2, 0) is 21.6 Å². The molecule has 0 unspecified atom stereocenters. The Bertz CT molecular complexity index is 720. The van der Waals surface area contributed by atoms with Gasteiger partial charge in [-0.25, -0.2) is 4.68 Å². The van der Waals surface area contributed by atoms with E-state index >= 15 is 0 Å². The molecular formula is C14H20N4O3. The number of hydrogen-bond acceptors (Lipinski definition) is 5. The highest BCUT2D eigenvalue weighted by molar-refractivity contribution is 5.79. The average molecular weight is 292 g/mol. The Hall–Kier alpha value is -1.73. The SMILES string of the molecule is Cc1nn(CC2OCCO2)c(=O)c2c1cnn2C(C)(C)C. The van der Waals surface area contributed by atoms with Crippen molar-refractivity contribution in [2.45, 2.75) is 46.1 Å². The van der Waals surface area contributed by atoms with Gasteiger partial charge in [0.2, 0.25) is 0 Å². The summed E-state index contributed by atoms with van der Waals surface area (Å²) in [5.41, 5.74) is 0.917. The monoisotopic (exact) mass is 292 g/mol. The van der Waals surface area contributed by atoms with E-state index in [1.54, 1.807) is 10.9 Å². The highest BCUT2D eigenvalue weighted by atomic mass is 16.7. The molecule has 1 aliphatic rings. The lowest BCUT2D eigenvalue weighted by molar-refractivity contribution is -0.0553. The van der Waals surface area contributed by atoms with Gasteiger partial charge in [-0.2, -0.15) is 10.2 Å². The van der Waals surface area contributed by atoms with E-state index in [0.717, 1.165) is 11.1 Å². The molecule has 21 heavy (non-hydrogen) atoms. The number of aromatic nitrogens is 4. The molecule has 1 fully saturated rings. The Morgan fingerprint density at radius 1 is 1.33 bits per heavy atom. The van der Waals surface area contributed by atoms with Crippen LogP contribution in [0.3, 0.4) is 0 Å². The van der Waals surface area contributed by atoms with Crippen molar-refractivity contribution in [3.05, 3.63) is 22.2 Å². The van der Waals surface area contributed by atoms with Crippen molar-refractivity contribution in [2.24, 2.45) is 0 Å². The molecule has 0 bridgehead atoms. The summed E-state index contributed by atoms with van der Waals surface area (Å²) in [7, 11) is 0. The zero-order valence-electron chi connectivity index (χ0n) is 12.8. The summed E-state index contributed by atoms with van der Waals surface area (Å²) < 4.78 is 14.0. The zero-order chi connectivity index (χ0) is 15.2. The summed E-state index contributed by atoms with van der Waals surface area (Å²) in [6, 6.07) is 0. The summed E-state index contributed by atoms with van der Waals surface area (Å²) in [6.07, 6.45) is 1.30. The van der Waals surface area contributed by atoms with Crippen LogP contribution in [0.1, 0.15) is 26.5 Å². The van der Waals surface area contributed by atoms with E-state index in [0.29, 0.717) is 25.3 Å². The summed E-state index contributed by atoms with van der Waals surface area (Å²) in [5, 5.41) is 9.50. The fourth-order valence-electron chi connectivity index (χ4n) is 2.51. The predicted molar refractivity (Wildman–Crippen MR) is 77.2 cm³/mol. The fourth-order valence-corrected chi connectivity index (χ4v) is 2.51.